The van der Waals surface area contributed by atoms with E-state index in [9.17, 15) is 4.79 Å². The smallest absolute Gasteiger partial charge is 0.248 e. The minimum atomic E-state index is -0.918. The molecule has 21 heavy (non-hydrogen) atoms. The van der Waals surface area contributed by atoms with Gasteiger partial charge in [0.15, 0.2) is 0 Å². The fourth-order valence-corrected chi connectivity index (χ4v) is 4.82. The summed E-state index contributed by atoms with van der Waals surface area (Å²) in [5, 5.41) is 0. The lowest BCUT2D eigenvalue weighted by Gasteiger charge is -2.25. The Balaban J connectivity index is 1.83. The van der Waals surface area contributed by atoms with Gasteiger partial charge in [0, 0.05) is 6.42 Å². The second-order valence-corrected chi connectivity index (χ2v) is 7.63. The third kappa shape index (κ3) is 2.74. The van der Waals surface area contributed by atoms with E-state index in [2.05, 4.69) is 31.2 Å². The van der Waals surface area contributed by atoms with Gasteiger partial charge in [-0.2, -0.15) is 0 Å². The van der Waals surface area contributed by atoms with Gasteiger partial charge in [-0.05, 0) is 54.6 Å². The summed E-state index contributed by atoms with van der Waals surface area (Å²) in [5.41, 5.74) is 15.8. The van der Waals surface area contributed by atoms with E-state index in [1.165, 1.54) is 46.2 Å². The molecule has 3 rings (SSSR count). The van der Waals surface area contributed by atoms with E-state index in [4.69, 9.17) is 11.5 Å². The van der Waals surface area contributed by atoms with Crippen molar-refractivity contribution in [3.8, 4) is 0 Å². The molecule has 1 amide bonds. The topological polar surface area (TPSA) is 69.1 Å². The molecule has 0 saturated heterocycles. The number of thioether (sulfide) groups is 1. The predicted octanol–water partition coefficient (Wildman–Crippen LogP) is 2.87. The molecule has 0 saturated carbocycles. The maximum atomic E-state index is 11.6. The van der Waals surface area contributed by atoms with Crippen LogP contribution in [0.1, 0.15) is 36.8 Å². The minimum Gasteiger partial charge on any atom is -0.367 e. The molecule has 1 aromatic rings. The van der Waals surface area contributed by atoms with Crippen LogP contribution in [-0.2, 0) is 11.2 Å². The van der Waals surface area contributed by atoms with Crippen molar-refractivity contribution in [2.45, 2.75) is 43.9 Å². The van der Waals surface area contributed by atoms with Crippen molar-refractivity contribution in [3.63, 3.8) is 0 Å². The van der Waals surface area contributed by atoms with Gasteiger partial charge >= 0.3 is 0 Å². The highest BCUT2D eigenvalue weighted by Crippen LogP contribution is 2.51. The Morgan fingerprint density at radius 1 is 1.43 bits per heavy atom. The van der Waals surface area contributed by atoms with Crippen molar-refractivity contribution in [2.75, 3.05) is 0 Å². The van der Waals surface area contributed by atoms with E-state index >= 15 is 0 Å². The van der Waals surface area contributed by atoms with Crippen molar-refractivity contribution in [1.29, 1.82) is 0 Å². The Hall–Kier alpha value is -1.26. The second-order valence-electron chi connectivity index (χ2n) is 6.20. The molecule has 3 nitrogen and oxygen atoms in total. The highest BCUT2D eigenvalue weighted by atomic mass is 32.2. The lowest BCUT2D eigenvalue weighted by molar-refractivity contribution is -0.120. The molecule has 1 aliphatic carbocycles. The zero-order valence-electron chi connectivity index (χ0n) is 12.4. The van der Waals surface area contributed by atoms with Crippen LogP contribution in [0.4, 0.5) is 0 Å². The average molecular weight is 302 g/mol. The number of primary amides is 1. The number of nitrogens with two attached hydrogens (primary N) is 2. The molecular weight excluding hydrogens is 280 g/mol. The van der Waals surface area contributed by atoms with Crippen LogP contribution in [0.2, 0.25) is 0 Å². The van der Waals surface area contributed by atoms with Crippen LogP contribution in [0, 0.1) is 12.8 Å². The fourth-order valence-electron chi connectivity index (χ4n) is 3.44. The number of amides is 1. The molecule has 1 heterocycles. The summed E-state index contributed by atoms with van der Waals surface area (Å²) in [4.78, 5) is 12.0. The molecule has 112 valence electrons. The molecule has 4 N–H and O–H groups in total. The maximum absolute atomic E-state index is 11.6. The minimum absolute atomic E-state index is 0.392. The van der Waals surface area contributed by atoms with Crippen molar-refractivity contribution in [3.05, 3.63) is 45.9 Å². The maximum Gasteiger partial charge on any atom is 0.248 e. The van der Waals surface area contributed by atoms with Crippen LogP contribution in [0.15, 0.2) is 34.7 Å². The van der Waals surface area contributed by atoms with Crippen LogP contribution >= 0.6 is 11.8 Å². The summed E-state index contributed by atoms with van der Waals surface area (Å²) < 4.78 is 0. The van der Waals surface area contributed by atoms with Crippen molar-refractivity contribution in [1.82, 2.24) is 0 Å². The molecule has 0 bridgehead atoms. The summed E-state index contributed by atoms with van der Waals surface area (Å²) in [6, 6.07) is 8.54. The van der Waals surface area contributed by atoms with Crippen molar-refractivity contribution >= 4 is 17.7 Å². The lowest BCUT2D eigenvalue weighted by atomic mass is 9.80. The average Bonchev–Trinajstić information content (AvgIpc) is 2.80. The molecule has 2 atom stereocenters. The molecule has 4 heteroatoms. The number of benzene rings is 1. The van der Waals surface area contributed by atoms with E-state index in [1.807, 2.05) is 0 Å². The van der Waals surface area contributed by atoms with Crippen molar-refractivity contribution < 1.29 is 4.79 Å². The lowest BCUT2D eigenvalue weighted by Crippen LogP contribution is -2.47. The van der Waals surface area contributed by atoms with Gasteiger partial charge in [0.05, 0.1) is 0 Å². The summed E-state index contributed by atoms with van der Waals surface area (Å²) >= 11 is 1.51. The van der Waals surface area contributed by atoms with Gasteiger partial charge in [-0.15, -0.1) is 0 Å². The predicted molar refractivity (Wildman–Crippen MR) is 87.6 cm³/mol. The molecule has 2 unspecified atom stereocenters. The van der Waals surface area contributed by atoms with Gasteiger partial charge < -0.3 is 11.5 Å². The van der Waals surface area contributed by atoms with Crippen LogP contribution < -0.4 is 11.5 Å². The van der Waals surface area contributed by atoms with E-state index in [0.717, 1.165) is 12.8 Å². The third-order valence-corrected chi connectivity index (χ3v) is 6.13. The number of rotatable bonds is 3. The molecule has 0 spiro atoms. The SMILES string of the molecule is Cc1ccccc1CC1CCCC2=C1CC(N)(C(N)=O)S2. The van der Waals surface area contributed by atoms with Crippen LogP contribution in [-0.4, -0.2) is 10.8 Å². The Bertz CT molecular complexity index is 611. The molecule has 0 radical (unpaired) electrons. The van der Waals surface area contributed by atoms with Crippen molar-refractivity contribution in [2.24, 2.45) is 17.4 Å². The Kier molecular flexibility index (Phi) is 3.84. The second kappa shape index (κ2) is 5.50. The number of aryl methyl sites for hydroxylation is 1. The van der Waals surface area contributed by atoms with Crippen LogP contribution in [0.25, 0.3) is 0 Å². The molecule has 0 aromatic heterocycles. The standard InChI is InChI=1S/C17H22N2OS/c1-11-5-2-3-6-12(11)9-13-7-4-8-15-14(13)10-17(19,21-15)16(18)20/h2-3,5-6,13H,4,7-10,19H2,1H3,(H2,18,20). The summed E-state index contributed by atoms with van der Waals surface area (Å²) in [5.74, 6) is 0.115. The summed E-state index contributed by atoms with van der Waals surface area (Å²) in [6.07, 6.45) is 5.08. The Morgan fingerprint density at radius 2 is 2.19 bits per heavy atom. The number of hydrogen-bond donors (Lipinski definition) is 2. The van der Waals surface area contributed by atoms with E-state index in [-0.39, 0.29) is 0 Å². The summed E-state index contributed by atoms with van der Waals surface area (Å²) in [7, 11) is 0. The van der Waals surface area contributed by atoms with Gasteiger partial charge in [0.2, 0.25) is 5.91 Å². The highest BCUT2D eigenvalue weighted by molar-refractivity contribution is 8.05. The van der Waals surface area contributed by atoms with Gasteiger partial charge in [0.1, 0.15) is 4.87 Å². The number of hydrogen-bond acceptors (Lipinski definition) is 3. The first-order chi connectivity index (χ1) is 9.99. The monoisotopic (exact) mass is 302 g/mol. The number of allylic oxidation sites excluding steroid dienone is 1. The van der Waals surface area contributed by atoms with Gasteiger partial charge in [0.25, 0.3) is 0 Å². The first-order valence-corrected chi connectivity index (χ1v) is 8.35. The molecule has 2 aliphatic rings. The number of carbonyl (C=O) groups excluding carboxylic acids is 1. The molecule has 0 fully saturated rings. The fraction of sp³-hybridized carbons (Fsp3) is 0.471. The van der Waals surface area contributed by atoms with E-state index in [1.54, 1.807) is 0 Å². The Labute approximate surface area is 130 Å². The Morgan fingerprint density at radius 3 is 2.90 bits per heavy atom. The van der Waals surface area contributed by atoms with Gasteiger partial charge in [-0.25, -0.2) is 0 Å². The first-order valence-electron chi connectivity index (χ1n) is 7.54. The quantitative estimate of drug-likeness (QED) is 0.902. The van der Waals surface area contributed by atoms with E-state index < -0.39 is 10.8 Å². The first kappa shape index (κ1) is 14.7. The van der Waals surface area contributed by atoms with Gasteiger partial charge in [-0.1, -0.05) is 41.6 Å². The summed E-state index contributed by atoms with van der Waals surface area (Å²) in [6.45, 7) is 2.16. The van der Waals surface area contributed by atoms with E-state index in [0.29, 0.717) is 12.3 Å². The van der Waals surface area contributed by atoms with Crippen LogP contribution in [0.5, 0.6) is 0 Å². The highest BCUT2D eigenvalue weighted by Gasteiger charge is 2.44. The molecule has 1 aliphatic heterocycles. The third-order valence-electron chi connectivity index (χ3n) is 4.71. The van der Waals surface area contributed by atoms with Gasteiger partial charge in [-0.3, -0.25) is 4.79 Å². The zero-order chi connectivity index (χ0) is 15.0. The molecule has 1 aromatic carbocycles. The largest absolute Gasteiger partial charge is 0.367 e. The molecular formula is C17H22N2OS. The zero-order valence-corrected chi connectivity index (χ0v) is 13.2. The normalized spacial score (nSPS) is 28.6. The number of carbonyl (C=O) groups is 1. The van der Waals surface area contributed by atoms with Crippen LogP contribution in [0.3, 0.4) is 0 Å².